The van der Waals surface area contributed by atoms with Gasteiger partial charge in [-0.25, -0.2) is 0 Å². The molecule has 1 rings (SSSR count). The molecule has 1 aromatic carbocycles. The van der Waals surface area contributed by atoms with E-state index in [2.05, 4.69) is 83.0 Å². The Morgan fingerprint density at radius 2 is 1.64 bits per heavy atom. The summed E-state index contributed by atoms with van der Waals surface area (Å²) in [7, 11) is 0. The van der Waals surface area contributed by atoms with Crippen LogP contribution in [-0.2, 0) is 6.42 Å². The third-order valence-corrected chi connectivity index (χ3v) is 3.88. The Hall–Kier alpha value is -1.82. The zero-order chi connectivity index (χ0) is 19.5. The third-order valence-electron chi connectivity index (χ3n) is 3.88. The maximum absolute atomic E-state index is 4.22. The van der Waals surface area contributed by atoms with Crippen LogP contribution in [0.15, 0.2) is 67.8 Å². The molecule has 0 spiro atoms. The topological polar surface area (TPSA) is 0 Å². The van der Waals surface area contributed by atoms with Crippen molar-refractivity contribution in [1.82, 2.24) is 0 Å². The quantitative estimate of drug-likeness (QED) is 0.395. The maximum atomic E-state index is 4.22. The molecular weight excluding hydrogens is 300 g/mol. The first-order valence-corrected chi connectivity index (χ1v) is 9.74. The molecule has 0 bridgehead atoms. The summed E-state index contributed by atoms with van der Waals surface area (Å²) in [5, 5.41) is 0. The van der Waals surface area contributed by atoms with Gasteiger partial charge in [0.05, 0.1) is 0 Å². The van der Waals surface area contributed by atoms with Crippen molar-refractivity contribution in [1.29, 1.82) is 0 Å². The van der Waals surface area contributed by atoms with Crippen molar-refractivity contribution >= 4 is 5.57 Å². The number of hydrogen-bond donors (Lipinski definition) is 0. The summed E-state index contributed by atoms with van der Waals surface area (Å²) in [6.07, 6.45) is 13.4. The van der Waals surface area contributed by atoms with Crippen molar-refractivity contribution in [2.24, 2.45) is 0 Å². The van der Waals surface area contributed by atoms with Crippen LogP contribution in [0.25, 0.3) is 5.57 Å². The fourth-order valence-electron chi connectivity index (χ4n) is 2.65. The molecule has 1 aromatic rings. The van der Waals surface area contributed by atoms with Crippen LogP contribution >= 0.6 is 0 Å². The van der Waals surface area contributed by atoms with E-state index < -0.39 is 0 Å². The van der Waals surface area contributed by atoms with E-state index in [-0.39, 0.29) is 0 Å². The van der Waals surface area contributed by atoms with Crippen LogP contribution in [0, 0.1) is 0 Å². The predicted molar refractivity (Wildman–Crippen MR) is 119 cm³/mol. The van der Waals surface area contributed by atoms with E-state index >= 15 is 0 Å². The van der Waals surface area contributed by atoms with Gasteiger partial charge in [-0.3, -0.25) is 0 Å². The molecule has 0 unspecified atom stereocenters. The van der Waals surface area contributed by atoms with Crippen molar-refractivity contribution in [3.05, 3.63) is 78.9 Å². The number of allylic oxidation sites excluding steroid dienone is 5. The Morgan fingerprint density at radius 1 is 1.00 bits per heavy atom. The van der Waals surface area contributed by atoms with Crippen molar-refractivity contribution in [2.45, 2.75) is 73.1 Å². The smallest absolute Gasteiger partial charge is 0.0196 e. The van der Waals surface area contributed by atoms with E-state index in [1.807, 2.05) is 13.8 Å². The second kappa shape index (κ2) is 18.5. The van der Waals surface area contributed by atoms with Gasteiger partial charge in [0, 0.05) is 0 Å². The van der Waals surface area contributed by atoms with Crippen molar-refractivity contribution in [2.75, 3.05) is 0 Å². The minimum Gasteiger partial charge on any atom is -0.106 e. The molecule has 0 aliphatic rings. The summed E-state index contributed by atoms with van der Waals surface area (Å²) >= 11 is 0. The number of hydrogen-bond acceptors (Lipinski definition) is 0. The molecule has 0 atom stereocenters. The molecule has 0 aliphatic heterocycles. The molecule has 25 heavy (non-hydrogen) atoms. The van der Waals surface area contributed by atoms with E-state index in [4.69, 9.17) is 0 Å². The van der Waals surface area contributed by atoms with Crippen LogP contribution in [0.1, 0.15) is 77.8 Å². The lowest BCUT2D eigenvalue weighted by Gasteiger charge is -2.13. The minimum absolute atomic E-state index is 1.09. The second-order valence-electron chi connectivity index (χ2n) is 5.58. The van der Waals surface area contributed by atoms with Crippen LogP contribution in [0.3, 0.4) is 0 Å². The van der Waals surface area contributed by atoms with Gasteiger partial charge < -0.3 is 0 Å². The van der Waals surface area contributed by atoms with Gasteiger partial charge in [-0.05, 0) is 62.7 Å². The van der Waals surface area contributed by atoms with Gasteiger partial charge in [-0.2, -0.15) is 0 Å². The molecule has 0 heteroatoms. The molecule has 0 heterocycles. The summed E-state index contributed by atoms with van der Waals surface area (Å²) in [5.74, 6) is 0. The van der Waals surface area contributed by atoms with Crippen LogP contribution in [0.2, 0.25) is 0 Å². The lowest BCUT2D eigenvalue weighted by Crippen LogP contribution is -1.95. The predicted octanol–water partition coefficient (Wildman–Crippen LogP) is 8.56. The standard InChI is InChI=1S/C21H30.C2H6.C2H4/c1-5-8-9-13-18(4)16-17-20-14-10-11-15-21(20)19(7-3)12-6-2;2*1-2/h5,7-8,10-11,14-15H,4,6,9,12-13,16-17H2,1-3H3;1-2H3;1-2H2/b8-5-,19-7-;;. The lowest BCUT2D eigenvalue weighted by atomic mass is 9.92. The molecule has 0 fully saturated rings. The highest BCUT2D eigenvalue weighted by Gasteiger charge is 2.06. The Balaban J connectivity index is 0. The lowest BCUT2D eigenvalue weighted by molar-refractivity contribution is 0.850. The molecule has 0 aliphatic carbocycles. The van der Waals surface area contributed by atoms with Crippen molar-refractivity contribution < 1.29 is 0 Å². The Kier molecular flexibility index (Phi) is 18.8. The summed E-state index contributed by atoms with van der Waals surface area (Å²) in [6, 6.07) is 8.84. The van der Waals surface area contributed by atoms with E-state index in [1.54, 1.807) is 0 Å². The molecule has 0 saturated heterocycles. The largest absolute Gasteiger partial charge is 0.106 e. The molecule has 0 aromatic heterocycles. The van der Waals surface area contributed by atoms with Crippen LogP contribution in [-0.4, -0.2) is 0 Å². The maximum Gasteiger partial charge on any atom is -0.0196 e. The van der Waals surface area contributed by atoms with E-state index in [0.717, 1.165) is 32.1 Å². The van der Waals surface area contributed by atoms with Gasteiger partial charge in [0.15, 0.2) is 0 Å². The van der Waals surface area contributed by atoms with Gasteiger partial charge in [0.1, 0.15) is 0 Å². The van der Waals surface area contributed by atoms with E-state index in [9.17, 15) is 0 Å². The van der Waals surface area contributed by atoms with Gasteiger partial charge in [0.2, 0.25) is 0 Å². The highest BCUT2D eigenvalue weighted by atomic mass is 14.1. The molecular formula is C25H40. The first kappa shape index (κ1) is 25.4. The molecule has 0 N–H and O–H groups in total. The summed E-state index contributed by atoms with van der Waals surface area (Å²) < 4.78 is 0. The highest BCUT2D eigenvalue weighted by Crippen LogP contribution is 2.25. The first-order chi connectivity index (χ1) is 12.2. The molecule has 140 valence electrons. The van der Waals surface area contributed by atoms with E-state index in [0.29, 0.717) is 0 Å². The van der Waals surface area contributed by atoms with Gasteiger partial charge in [-0.1, -0.05) is 81.8 Å². The van der Waals surface area contributed by atoms with Gasteiger partial charge in [-0.15, -0.1) is 13.2 Å². The van der Waals surface area contributed by atoms with Crippen LogP contribution in [0.4, 0.5) is 0 Å². The minimum atomic E-state index is 1.09. The monoisotopic (exact) mass is 340 g/mol. The summed E-state index contributed by atoms with van der Waals surface area (Å²) in [6.45, 7) is 20.7. The molecule has 0 radical (unpaired) electrons. The van der Waals surface area contributed by atoms with E-state index in [1.165, 1.54) is 28.7 Å². The Morgan fingerprint density at radius 3 is 2.20 bits per heavy atom. The SMILES string of the molecule is C=C.C=C(CC/C=C\C)CCc1ccccc1/C(=C\C)CCC.CC. The Bertz CT molecular complexity index is 503. The van der Waals surface area contributed by atoms with Gasteiger partial charge in [0.25, 0.3) is 0 Å². The zero-order valence-corrected chi connectivity index (χ0v) is 17.4. The molecule has 0 amide bonds. The number of benzene rings is 1. The molecule has 0 nitrogen and oxygen atoms in total. The normalized spacial score (nSPS) is 10.5. The van der Waals surface area contributed by atoms with Gasteiger partial charge >= 0.3 is 0 Å². The fourth-order valence-corrected chi connectivity index (χ4v) is 2.65. The Labute approximate surface area is 158 Å². The van der Waals surface area contributed by atoms with Crippen LogP contribution in [0.5, 0.6) is 0 Å². The first-order valence-electron chi connectivity index (χ1n) is 9.74. The third kappa shape index (κ3) is 11.4. The number of aryl methyl sites for hydroxylation is 1. The average molecular weight is 341 g/mol. The highest BCUT2D eigenvalue weighted by molar-refractivity contribution is 5.68. The van der Waals surface area contributed by atoms with Crippen LogP contribution < -0.4 is 0 Å². The molecule has 0 saturated carbocycles. The van der Waals surface area contributed by atoms with Crippen molar-refractivity contribution in [3.8, 4) is 0 Å². The summed E-state index contributed by atoms with van der Waals surface area (Å²) in [4.78, 5) is 0. The second-order valence-corrected chi connectivity index (χ2v) is 5.58. The number of rotatable bonds is 9. The summed E-state index contributed by atoms with van der Waals surface area (Å²) in [5.41, 5.74) is 5.74. The van der Waals surface area contributed by atoms with Crippen molar-refractivity contribution in [3.63, 3.8) is 0 Å². The fraction of sp³-hybridized carbons (Fsp3) is 0.440. The average Bonchev–Trinajstić information content (AvgIpc) is 2.68. The zero-order valence-electron chi connectivity index (χ0n) is 17.4.